The van der Waals surface area contributed by atoms with Crippen LogP contribution in [0.1, 0.15) is 46.5 Å². The number of nitrogens with zero attached hydrogens (tertiary/aromatic N) is 3. The van der Waals surface area contributed by atoms with Crippen molar-refractivity contribution in [3.05, 3.63) is 30.3 Å². The van der Waals surface area contributed by atoms with Gasteiger partial charge in [-0.25, -0.2) is 0 Å². The van der Waals surface area contributed by atoms with Gasteiger partial charge in [0, 0.05) is 17.8 Å². The molecular formula is C28H44N4O2+2. The Morgan fingerprint density at radius 2 is 1.53 bits per heavy atom. The topological polar surface area (TPSA) is 49.4 Å². The number of benzene rings is 1. The molecule has 34 heavy (non-hydrogen) atoms. The van der Waals surface area contributed by atoms with Crippen molar-refractivity contribution < 1.29 is 18.6 Å². The van der Waals surface area contributed by atoms with Crippen LogP contribution in [0, 0.1) is 17.8 Å². The molecule has 3 saturated heterocycles. The van der Waals surface area contributed by atoms with Gasteiger partial charge in [0.1, 0.15) is 39.3 Å². The van der Waals surface area contributed by atoms with Crippen LogP contribution in [-0.4, -0.2) is 85.2 Å². The van der Waals surface area contributed by atoms with E-state index in [1.54, 1.807) is 0 Å². The molecule has 0 spiro atoms. The number of para-hydroxylation sites is 1. The van der Waals surface area contributed by atoms with Crippen molar-refractivity contribution in [2.24, 2.45) is 17.8 Å². The normalized spacial score (nSPS) is 34.9. The molecular weight excluding hydrogens is 424 g/mol. The highest BCUT2D eigenvalue weighted by molar-refractivity contribution is 5.94. The van der Waals surface area contributed by atoms with E-state index in [1.807, 2.05) is 35.2 Å². The minimum Gasteiger partial charge on any atom is -0.348 e. The highest BCUT2D eigenvalue weighted by Gasteiger charge is 2.51. The average Bonchev–Trinajstić information content (AvgIpc) is 3.45. The molecule has 1 aromatic rings. The number of carbonyl (C=O) groups is 2. The molecule has 3 aliphatic heterocycles. The van der Waals surface area contributed by atoms with E-state index < -0.39 is 0 Å². The Balaban J connectivity index is 1.15. The minimum atomic E-state index is 0.137. The van der Waals surface area contributed by atoms with E-state index in [-0.39, 0.29) is 17.9 Å². The molecule has 5 aliphatic rings. The molecule has 2 aliphatic carbocycles. The Morgan fingerprint density at radius 3 is 2.06 bits per heavy atom. The maximum absolute atomic E-state index is 13.4. The zero-order valence-electron chi connectivity index (χ0n) is 21.4. The molecule has 2 amide bonds. The number of nitrogens with one attached hydrogen (secondary N) is 1. The Labute approximate surface area is 205 Å². The molecule has 1 N–H and O–H groups in total. The number of amides is 2. The first kappa shape index (κ1) is 23.8. The fourth-order valence-corrected chi connectivity index (χ4v) is 7.72. The van der Waals surface area contributed by atoms with Gasteiger partial charge in [-0.2, -0.15) is 0 Å². The second-order valence-corrected chi connectivity index (χ2v) is 12.2. The van der Waals surface area contributed by atoms with Crippen molar-refractivity contribution in [1.82, 2.24) is 5.32 Å². The van der Waals surface area contributed by atoms with E-state index in [0.717, 1.165) is 65.8 Å². The summed E-state index contributed by atoms with van der Waals surface area (Å²) in [5.74, 6) is 2.91. The predicted octanol–water partition coefficient (Wildman–Crippen LogP) is 3.03. The largest absolute Gasteiger partial charge is 0.348 e. The van der Waals surface area contributed by atoms with Gasteiger partial charge in [0.25, 0.3) is 11.8 Å². The van der Waals surface area contributed by atoms with E-state index in [4.69, 9.17) is 0 Å². The second-order valence-electron chi connectivity index (χ2n) is 12.2. The molecule has 1 aromatic carbocycles. The SMILES string of the molecule is CC(C)N(C(=O)C[N+]12CC[N+](CC(=O)N[C@@H](C)[C@H]3C[C@H]4CC[C@H]3C4)(CC1)CC2)c1ccccc1. The van der Waals surface area contributed by atoms with Gasteiger partial charge in [-0.1, -0.05) is 24.6 Å². The van der Waals surface area contributed by atoms with Gasteiger partial charge >= 0.3 is 0 Å². The van der Waals surface area contributed by atoms with E-state index in [0.29, 0.717) is 25.0 Å². The fourth-order valence-electron chi connectivity index (χ4n) is 7.72. The summed E-state index contributed by atoms with van der Waals surface area (Å²) in [5.41, 5.74) is 0.987. The lowest BCUT2D eigenvalue weighted by Crippen LogP contribution is -2.77. The molecule has 6 nitrogen and oxygen atoms in total. The summed E-state index contributed by atoms with van der Waals surface area (Å²) in [6.45, 7) is 13.6. The highest BCUT2D eigenvalue weighted by atomic mass is 16.2. The van der Waals surface area contributed by atoms with Crippen molar-refractivity contribution in [2.45, 2.75) is 58.5 Å². The number of anilines is 1. The van der Waals surface area contributed by atoms with Crippen LogP contribution in [-0.2, 0) is 9.59 Å². The van der Waals surface area contributed by atoms with Gasteiger partial charge in [0.15, 0.2) is 13.1 Å². The molecule has 4 bridgehead atoms. The average molecular weight is 469 g/mol. The van der Waals surface area contributed by atoms with Gasteiger partial charge in [-0.15, -0.1) is 0 Å². The number of hydrogen-bond acceptors (Lipinski definition) is 2. The summed E-state index contributed by atoms with van der Waals surface area (Å²) in [6, 6.07) is 10.5. The highest BCUT2D eigenvalue weighted by Crippen LogP contribution is 2.49. The van der Waals surface area contributed by atoms with Crippen LogP contribution < -0.4 is 10.2 Å². The van der Waals surface area contributed by atoms with Crippen LogP contribution in [0.25, 0.3) is 0 Å². The fraction of sp³-hybridized carbons (Fsp3) is 0.714. The molecule has 0 unspecified atom stereocenters. The number of rotatable bonds is 8. The van der Waals surface area contributed by atoms with Gasteiger partial charge in [-0.3, -0.25) is 9.59 Å². The van der Waals surface area contributed by atoms with Crippen molar-refractivity contribution in [1.29, 1.82) is 0 Å². The van der Waals surface area contributed by atoms with Crippen LogP contribution in [0.5, 0.6) is 0 Å². The van der Waals surface area contributed by atoms with Gasteiger partial charge < -0.3 is 19.2 Å². The third-order valence-corrected chi connectivity index (χ3v) is 9.74. The first-order valence-corrected chi connectivity index (χ1v) is 13.6. The molecule has 2 saturated carbocycles. The van der Waals surface area contributed by atoms with Crippen molar-refractivity contribution in [3.63, 3.8) is 0 Å². The van der Waals surface area contributed by atoms with Gasteiger partial charge in [-0.05, 0) is 69.9 Å². The Morgan fingerprint density at radius 1 is 0.912 bits per heavy atom. The van der Waals surface area contributed by atoms with Crippen LogP contribution in [0.2, 0.25) is 0 Å². The third kappa shape index (κ3) is 4.64. The molecule has 5 fully saturated rings. The molecule has 6 heteroatoms. The van der Waals surface area contributed by atoms with Crippen LogP contribution in [0.4, 0.5) is 5.69 Å². The van der Waals surface area contributed by atoms with Gasteiger partial charge in [0.05, 0.1) is 0 Å². The molecule has 6 rings (SSSR count). The predicted molar refractivity (Wildman–Crippen MR) is 135 cm³/mol. The molecule has 3 heterocycles. The summed E-state index contributed by atoms with van der Waals surface area (Å²) in [7, 11) is 0. The Kier molecular flexibility index (Phi) is 6.49. The lowest BCUT2D eigenvalue weighted by atomic mass is 9.84. The minimum absolute atomic E-state index is 0.137. The molecule has 186 valence electrons. The second kappa shape index (κ2) is 9.27. The standard InChI is InChI=1S/C28H43N4O2/c1-21(2)30(25-7-5-4-6-8-25)28(34)20-32-14-11-31(12-15-32,13-16-32)19-27(33)29-22(3)26-18-23-9-10-24(26)17-23/h4-8,21-24,26H,9-20H2,1-3H3/q+1/p+1/t22-,23-,24-,26+,31?,32?/m0/s1. The van der Waals surface area contributed by atoms with E-state index in [2.05, 4.69) is 26.1 Å². The number of quaternary nitrogens is 2. The summed E-state index contributed by atoms with van der Waals surface area (Å²) in [5, 5.41) is 3.40. The third-order valence-electron chi connectivity index (χ3n) is 9.74. The number of fused-ring (bicyclic) bond motifs is 5. The van der Waals surface area contributed by atoms with Crippen molar-refractivity contribution in [3.8, 4) is 0 Å². The zero-order valence-corrected chi connectivity index (χ0v) is 21.4. The quantitative estimate of drug-likeness (QED) is 0.597. The number of carbonyl (C=O) groups excluding carboxylic acids is 2. The molecule has 0 aromatic heterocycles. The summed E-state index contributed by atoms with van der Waals surface area (Å²) >= 11 is 0. The molecule has 4 atom stereocenters. The van der Waals surface area contributed by atoms with Crippen LogP contribution in [0.3, 0.4) is 0 Å². The lowest BCUT2D eigenvalue weighted by molar-refractivity contribution is -1.07. The lowest BCUT2D eigenvalue weighted by Gasteiger charge is -2.55. The van der Waals surface area contributed by atoms with Crippen LogP contribution >= 0.6 is 0 Å². The summed E-state index contributed by atoms with van der Waals surface area (Å²) < 4.78 is 1.80. The van der Waals surface area contributed by atoms with Crippen LogP contribution in [0.15, 0.2) is 30.3 Å². The van der Waals surface area contributed by atoms with E-state index in [9.17, 15) is 9.59 Å². The maximum atomic E-state index is 13.4. The number of piperazine rings is 3. The first-order chi connectivity index (χ1) is 16.3. The monoisotopic (exact) mass is 468 g/mol. The summed E-state index contributed by atoms with van der Waals surface area (Å²) in [4.78, 5) is 28.4. The van der Waals surface area contributed by atoms with Crippen molar-refractivity contribution >= 4 is 17.5 Å². The smallest absolute Gasteiger partial charge is 0.282 e. The maximum Gasteiger partial charge on any atom is 0.282 e. The van der Waals surface area contributed by atoms with Crippen molar-refractivity contribution in [2.75, 3.05) is 57.3 Å². The molecule has 0 radical (unpaired) electrons. The van der Waals surface area contributed by atoms with E-state index >= 15 is 0 Å². The number of hydrogen-bond donors (Lipinski definition) is 1. The Bertz CT molecular complexity index is 876. The first-order valence-electron chi connectivity index (χ1n) is 13.6. The van der Waals surface area contributed by atoms with E-state index in [1.165, 1.54) is 25.7 Å². The summed E-state index contributed by atoms with van der Waals surface area (Å²) in [6.07, 6.45) is 5.48. The zero-order chi connectivity index (χ0) is 23.9. The van der Waals surface area contributed by atoms with Gasteiger partial charge in [0.2, 0.25) is 0 Å². The Hall–Kier alpha value is -1.92.